The molecule has 25 heavy (non-hydrogen) atoms. The second-order valence-corrected chi connectivity index (χ2v) is 7.08. The zero-order chi connectivity index (χ0) is 18.7. The van der Waals surface area contributed by atoms with Gasteiger partial charge in [0.15, 0.2) is 0 Å². The molecule has 1 atom stereocenters. The molecule has 0 fully saturated rings. The fraction of sp³-hybridized carbons (Fsp3) is 0.632. The molecule has 0 heterocycles. The molecule has 3 N–H and O–H groups in total. The van der Waals surface area contributed by atoms with Gasteiger partial charge in [-0.1, -0.05) is 24.3 Å². The second-order valence-electron chi connectivity index (χ2n) is 7.08. The predicted octanol–water partition coefficient (Wildman–Crippen LogP) is 2.59. The molecule has 0 saturated carbocycles. The van der Waals surface area contributed by atoms with Crippen molar-refractivity contribution in [1.82, 2.24) is 10.6 Å². The van der Waals surface area contributed by atoms with Crippen LogP contribution in [0.2, 0.25) is 0 Å². The van der Waals surface area contributed by atoms with Crippen LogP contribution in [0.1, 0.15) is 44.7 Å². The van der Waals surface area contributed by atoms with Crippen LogP contribution < -0.4 is 10.6 Å². The van der Waals surface area contributed by atoms with Crippen molar-refractivity contribution < 1.29 is 19.4 Å². The molecule has 0 radical (unpaired) electrons. The normalized spacial score (nSPS) is 12.7. The highest BCUT2D eigenvalue weighted by Gasteiger charge is 2.15. The standard InChI is InChI=1S/C19H32N2O4/c1-19(2,3)25-18(23)20-10-6-9-17(14-24-4)21-12-15-7-5-8-16(11-15)13-22/h5,7-8,11,17,21-22H,6,9-10,12-14H2,1-4H3,(H,20,23). The molecule has 142 valence electrons. The molecule has 0 aromatic heterocycles. The van der Waals surface area contributed by atoms with Gasteiger partial charge in [0, 0.05) is 26.2 Å². The summed E-state index contributed by atoms with van der Waals surface area (Å²) in [7, 11) is 1.68. The van der Waals surface area contributed by atoms with Crippen molar-refractivity contribution in [3.05, 3.63) is 35.4 Å². The Morgan fingerprint density at radius 3 is 2.64 bits per heavy atom. The lowest BCUT2D eigenvalue weighted by Gasteiger charge is -2.20. The van der Waals surface area contributed by atoms with Crippen molar-refractivity contribution in [2.24, 2.45) is 0 Å². The average Bonchev–Trinajstić information content (AvgIpc) is 2.55. The van der Waals surface area contributed by atoms with E-state index < -0.39 is 5.60 Å². The van der Waals surface area contributed by atoms with Gasteiger partial charge in [-0.05, 0) is 44.7 Å². The van der Waals surface area contributed by atoms with Gasteiger partial charge in [0.25, 0.3) is 0 Å². The number of aliphatic hydroxyl groups excluding tert-OH is 1. The molecule has 1 aromatic carbocycles. The molecule has 0 saturated heterocycles. The zero-order valence-electron chi connectivity index (χ0n) is 15.8. The average molecular weight is 352 g/mol. The lowest BCUT2D eigenvalue weighted by molar-refractivity contribution is 0.0526. The molecule has 6 nitrogen and oxygen atoms in total. The minimum atomic E-state index is -0.479. The number of carbonyl (C=O) groups excluding carboxylic acids is 1. The maximum atomic E-state index is 11.6. The Hall–Kier alpha value is -1.63. The smallest absolute Gasteiger partial charge is 0.407 e. The number of hydrogen-bond donors (Lipinski definition) is 3. The highest BCUT2D eigenvalue weighted by Crippen LogP contribution is 2.08. The van der Waals surface area contributed by atoms with E-state index in [0.717, 1.165) is 24.0 Å². The molecule has 0 bridgehead atoms. The summed E-state index contributed by atoms with van der Waals surface area (Å²) in [4.78, 5) is 11.6. The maximum absolute atomic E-state index is 11.6. The minimum absolute atomic E-state index is 0.0473. The number of alkyl carbamates (subject to hydrolysis) is 1. The molecular formula is C19H32N2O4. The van der Waals surface area contributed by atoms with Gasteiger partial charge in [-0.2, -0.15) is 0 Å². The van der Waals surface area contributed by atoms with Crippen molar-refractivity contribution in [2.75, 3.05) is 20.3 Å². The number of aliphatic hydroxyl groups is 1. The third-order valence-corrected chi connectivity index (χ3v) is 3.53. The van der Waals surface area contributed by atoms with Gasteiger partial charge in [-0.3, -0.25) is 0 Å². The molecule has 6 heteroatoms. The summed E-state index contributed by atoms with van der Waals surface area (Å²) < 4.78 is 10.5. The van der Waals surface area contributed by atoms with E-state index in [1.165, 1.54) is 0 Å². The first-order valence-corrected chi connectivity index (χ1v) is 8.72. The zero-order valence-corrected chi connectivity index (χ0v) is 15.8. The Bertz CT molecular complexity index is 514. The number of methoxy groups -OCH3 is 1. The molecule has 1 amide bonds. The number of ether oxygens (including phenoxy) is 2. The van der Waals surface area contributed by atoms with Crippen molar-refractivity contribution in [3.63, 3.8) is 0 Å². The van der Waals surface area contributed by atoms with Crippen molar-refractivity contribution in [1.29, 1.82) is 0 Å². The van der Waals surface area contributed by atoms with E-state index in [1.54, 1.807) is 7.11 Å². The van der Waals surface area contributed by atoms with E-state index in [0.29, 0.717) is 19.7 Å². The monoisotopic (exact) mass is 352 g/mol. The molecule has 0 aliphatic heterocycles. The van der Waals surface area contributed by atoms with E-state index >= 15 is 0 Å². The summed E-state index contributed by atoms with van der Waals surface area (Å²) in [5.41, 5.74) is 1.55. The second kappa shape index (κ2) is 11.1. The van der Waals surface area contributed by atoms with Crippen LogP contribution in [0.5, 0.6) is 0 Å². The molecule has 1 rings (SSSR count). The maximum Gasteiger partial charge on any atom is 0.407 e. The van der Waals surface area contributed by atoms with Gasteiger partial charge in [0.1, 0.15) is 5.60 Å². The van der Waals surface area contributed by atoms with Gasteiger partial charge in [-0.15, -0.1) is 0 Å². The largest absolute Gasteiger partial charge is 0.444 e. The number of amides is 1. The topological polar surface area (TPSA) is 79.8 Å². The Morgan fingerprint density at radius 1 is 1.28 bits per heavy atom. The summed E-state index contributed by atoms with van der Waals surface area (Å²) in [6.07, 6.45) is 1.32. The number of carbonyl (C=O) groups is 1. The summed E-state index contributed by atoms with van der Waals surface area (Å²) in [6.45, 7) is 7.46. The lowest BCUT2D eigenvalue weighted by atomic mass is 10.1. The van der Waals surface area contributed by atoms with E-state index in [1.807, 2.05) is 45.0 Å². The van der Waals surface area contributed by atoms with Crippen LogP contribution in [-0.2, 0) is 22.6 Å². The van der Waals surface area contributed by atoms with Crippen LogP contribution in [0, 0.1) is 0 Å². The van der Waals surface area contributed by atoms with Gasteiger partial charge >= 0.3 is 6.09 Å². The van der Waals surface area contributed by atoms with E-state index in [-0.39, 0.29) is 18.7 Å². The number of hydrogen-bond acceptors (Lipinski definition) is 5. The third kappa shape index (κ3) is 10.1. The molecule has 0 spiro atoms. The number of rotatable bonds is 10. The highest BCUT2D eigenvalue weighted by molar-refractivity contribution is 5.67. The van der Waals surface area contributed by atoms with Crippen molar-refractivity contribution in [3.8, 4) is 0 Å². The third-order valence-electron chi connectivity index (χ3n) is 3.53. The lowest BCUT2D eigenvalue weighted by Crippen LogP contribution is -2.35. The summed E-state index contributed by atoms with van der Waals surface area (Å²) >= 11 is 0. The van der Waals surface area contributed by atoms with Crippen molar-refractivity contribution in [2.45, 2.75) is 58.4 Å². The van der Waals surface area contributed by atoms with Crippen LogP contribution in [0.25, 0.3) is 0 Å². The molecule has 1 unspecified atom stereocenters. The van der Waals surface area contributed by atoms with Gasteiger partial charge in [0.05, 0.1) is 13.2 Å². The quantitative estimate of drug-likeness (QED) is 0.564. The highest BCUT2D eigenvalue weighted by atomic mass is 16.6. The fourth-order valence-electron chi connectivity index (χ4n) is 2.40. The van der Waals surface area contributed by atoms with Crippen LogP contribution in [-0.4, -0.2) is 43.1 Å². The number of nitrogens with one attached hydrogen (secondary N) is 2. The SMILES string of the molecule is COCC(CCCNC(=O)OC(C)(C)C)NCc1cccc(CO)c1. The van der Waals surface area contributed by atoms with E-state index in [4.69, 9.17) is 9.47 Å². The fourth-order valence-corrected chi connectivity index (χ4v) is 2.40. The minimum Gasteiger partial charge on any atom is -0.444 e. The van der Waals surface area contributed by atoms with Crippen LogP contribution in [0.3, 0.4) is 0 Å². The molecule has 0 aliphatic carbocycles. The van der Waals surface area contributed by atoms with Crippen LogP contribution in [0.15, 0.2) is 24.3 Å². The van der Waals surface area contributed by atoms with E-state index in [9.17, 15) is 9.90 Å². The molecular weight excluding hydrogens is 320 g/mol. The summed E-state index contributed by atoms with van der Waals surface area (Å²) in [5, 5.41) is 15.4. The first kappa shape index (κ1) is 21.4. The van der Waals surface area contributed by atoms with Crippen molar-refractivity contribution >= 4 is 6.09 Å². The van der Waals surface area contributed by atoms with Crippen LogP contribution in [0.4, 0.5) is 4.79 Å². The number of benzene rings is 1. The first-order chi connectivity index (χ1) is 11.8. The summed E-state index contributed by atoms with van der Waals surface area (Å²) in [5.74, 6) is 0. The Labute approximate surface area is 150 Å². The van der Waals surface area contributed by atoms with Gasteiger partial charge < -0.3 is 25.2 Å². The predicted molar refractivity (Wildman–Crippen MR) is 98.3 cm³/mol. The van der Waals surface area contributed by atoms with Gasteiger partial charge in [-0.25, -0.2) is 4.79 Å². The van der Waals surface area contributed by atoms with Gasteiger partial charge in [0.2, 0.25) is 0 Å². The molecule has 1 aromatic rings. The van der Waals surface area contributed by atoms with Crippen LogP contribution >= 0.6 is 0 Å². The molecule has 0 aliphatic rings. The Morgan fingerprint density at radius 2 is 2.00 bits per heavy atom. The summed E-state index contributed by atoms with van der Waals surface area (Å²) in [6, 6.07) is 8.06. The Balaban J connectivity index is 2.32. The first-order valence-electron chi connectivity index (χ1n) is 8.72. The Kier molecular flexibility index (Phi) is 9.49. The van der Waals surface area contributed by atoms with E-state index in [2.05, 4.69) is 10.6 Å².